The lowest BCUT2D eigenvalue weighted by atomic mass is 9.95. The summed E-state index contributed by atoms with van der Waals surface area (Å²) in [4.78, 5) is 27.7. The molecule has 2 aromatic carbocycles. The van der Waals surface area contributed by atoms with E-state index in [1.807, 2.05) is 59.5 Å². The zero-order chi connectivity index (χ0) is 22.3. The van der Waals surface area contributed by atoms with Gasteiger partial charge in [0.25, 0.3) is 0 Å². The maximum Gasteiger partial charge on any atom is 0.244 e. The first-order chi connectivity index (χ1) is 15.7. The molecule has 1 fully saturated rings. The molecule has 8 heteroatoms. The van der Waals surface area contributed by atoms with E-state index in [2.05, 4.69) is 20.3 Å². The fraction of sp³-hybridized carbons (Fsp3) is 0.375. The first-order valence-electron chi connectivity index (χ1n) is 11.0. The number of likely N-dealkylation sites (N-methyl/N-ethyl adjacent to an activating group) is 1. The van der Waals surface area contributed by atoms with Crippen LogP contribution in [0, 0.1) is 5.92 Å². The molecule has 4 rings (SSSR count). The van der Waals surface area contributed by atoms with E-state index in [1.165, 1.54) is 11.5 Å². The maximum atomic E-state index is 13.1. The normalized spacial score (nSPS) is 17.2. The average molecular weight is 452 g/mol. The largest absolute Gasteiger partial charge is 0.367 e. The van der Waals surface area contributed by atoms with Gasteiger partial charge in [-0.25, -0.2) is 0 Å². The quantitative estimate of drug-likeness (QED) is 0.459. The second kappa shape index (κ2) is 10.6. The van der Waals surface area contributed by atoms with Crippen LogP contribution >= 0.6 is 11.5 Å². The van der Waals surface area contributed by atoms with Crippen LogP contribution in [0.15, 0.2) is 54.6 Å². The van der Waals surface area contributed by atoms with E-state index in [0.717, 1.165) is 34.3 Å². The predicted molar refractivity (Wildman–Crippen MR) is 129 cm³/mol. The Balaban J connectivity index is 1.27. The molecule has 0 saturated carbocycles. The van der Waals surface area contributed by atoms with Crippen LogP contribution in [-0.2, 0) is 9.59 Å². The van der Waals surface area contributed by atoms with Gasteiger partial charge in [-0.05, 0) is 49.1 Å². The highest BCUT2D eigenvalue weighted by atomic mass is 32.1. The number of nitrogens with one attached hydrogen (secondary N) is 3. The van der Waals surface area contributed by atoms with Gasteiger partial charge in [0.05, 0.1) is 10.6 Å². The molecule has 1 saturated heterocycles. The van der Waals surface area contributed by atoms with Crippen molar-refractivity contribution in [3.05, 3.63) is 60.2 Å². The van der Waals surface area contributed by atoms with Crippen molar-refractivity contribution in [2.75, 3.05) is 38.5 Å². The summed E-state index contributed by atoms with van der Waals surface area (Å²) < 4.78 is 5.59. The summed E-state index contributed by atoms with van der Waals surface area (Å²) in [7, 11) is 1.79. The Morgan fingerprint density at radius 3 is 2.72 bits per heavy atom. The second-order valence-corrected chi connectivity index (χ2v) is 8.81. The van der Waals surface area contributed by atoms with Crippen LogP contribution in [0.25, 0.3) is 10.1 Å². The number of hydrogen-bond donors (Lipinski definition) is 3. The average Bonchev–Trinajstić information content (AvgIpc) is 3.26. The van der Waals surface area contributed by atoms with E-state index in [0.29, 0.717) is 26.2 Å². The standard InChI is InChI=1S/C24H29N5O2S/c1-25-21(17-8-3-2-4-9-17)24(31)29-15-7-10-18(16-29)23(30)27-14-13-26-22-19-11-5-6-12-20(19)32-28-22/h2-6,8-9,11-12,18,21,25H,7,10,13-16H2,1H3,(H,26,28)(H,27,30). The van der Waals surface area contributed by atoms with Crippen molar-refractivity contribution in [1.82, 2.24) is 19.9 Å². The first kappa shape index (κ1) is 22.2. The Morgan fingerprint density at radius 1 is 1.12 bits per heavy atom. The SMILES string of the molecule is CNC(C(=O)N1CCCC(C(=O)NCCNc2nsc3ccccc23)C1)c1ccccc1. The predicted octanol–water partition coefficient (Wildman–Crippen LogP) is 3.02. The van der Waals surface area contributed by atoms with Gasteiger partial charge in [0, 0.05) is 31.6 Å². The van der Waals surface area contributed by atoms with Gasteiger partial charge in [-0.2, -0.15) is 4.37 Å². The monoisotopic (exact) mass is 451 g/mol. The maximum absolute atomic E-state index is 13.1. The lowest BCUT2D eigenvalue weighted by Gasteiger charge is -2.34. The summed E-state index contributed by atoms with van der Waals surface area (Å²) in [6.07, 6.45) is 1.63. The molecule has 2 heterocycles. The molecule has 3 aromatic rings. The van der Waals surface area contributed by atoms with Crippen LogP contribution in [-0.4, -0.2) is 54.3 Å². The molecule has 1 aliphatic heterocycles. The van der Waals surface area contributed by atoms with E-state index in [1.54, 1.807) is 7.05 Å². The number of piperidine rings is 1. The van der Waals surface area contributed by atoms with Gasteiger partial charge in [0.1, 0.15) is 11.9 Å². The highest BCUT2D eigenvalue weighted by Gasteiger charge is 2.31. The smallest absolute Gasteiger partial charge is 0.244 e. The minimum atomic E-state index is -0.393. The van der Waals surface area contributed by atoms with Crippen LogP contribution in [0.5, 0.6) is 0 Å². The van der Waals surface area contributed by atoms with Crippen molar-refractivity contribution in [1.29, 1.82) is 0 Å². The van der Waals surface area contributed by atoms with Gasteiger partial charge >= 0.3 is 0 Å². The number of likely N-dealkylation sites (tertiary alicyclic amines) is 1. The van der Waals surface area contributed by atoms with Crippen molar-refractivity contribution in [3.63, 3.8) is 0 Å². The van der Waals surface area contributed by atoms with Gasteiger partial charge in [0.15, 0.2) is 0 Å². The highest BCUT2D eigenvalue weighted by molar-refractivity contribution is 7.13. The molecule has 1 aromatic heterocycles. The zero-order valence-corrected chi connectivity index (χ0v) is 19.0. The fourth-order valence-corrected chi connectivity index (χ4v) is 4.93. The second-order valence-electron chi connectivity index (χ2n) is 8.00. The Kier molecular flexibility index (Phi) is 7.34. The summed E-state index contributed by atoms with van der Waals surface area (Å²) in [6.45, 7) is 2.26. The molecule has 168 valence electrons. The number of carbonyl (C=O) groups excluding carboxylic acids is 2. The fourth-order valence-electron chi connectivity index (χ4n) is 4.18. The van der Waals surface area contributed by atoms with Crippen molar-refractivity contribution in [3.8, 4) is 0 Å². The Hall–Kier alpha value is -2.97. The van der Waals surface area contributed by atoms with Crippen molar-refractivity contribution >= 4 is 39.3 Å². The van der Waals surface area contributed by atoms with E-state index in [4.69, 9.17) is 0 Å². The molecule has 1 aliphatic rings. The lowest BCUT2D eigenvalue weighted by Crippen LogP contribution is -2.48. The number of benzene rings is 2. The molecule has 0 bridgehead atoms. The third kappa shape index (κ3) is 5.08. The molecule has 7 nitrogen and oxygen atoms in total. The summed E-state index contributed by atoms with van der Waals surface area (Å²) in [5, 5.41) is 10.5. The molecular weight excluding hydrogens is 422 g/mol. The van der Waals surface area contributed by atoms with Gasteiger partial charge in [-0.15, -0.1) is 0 Å². The third-order valence-electron chi connectivity index (χ3n) is 5.87. The Bertz CT molecular complexity index is 1050. The zero-order valence-electron chi connectivity index (χ0n) is 18.2. The highest BCUT2D eigenvalue weighted by Crippen LogP contribution is 2.26. The van der Waals surface area contributed by atoms with Crippen LogP contribution in [0.3, 0.4) is 0 Å². The summed E-state index contributed by atoms with van der Waals surface area (Å²) in [5.41, 5.74) is 0.937. The molecule has 32 heavy (non-hydrogen) atoms. The van der Waals surface area contributed by atoms with E-state index >= 15 is 0 Å². The van der Waals surface area contributed by atoms with Gasteiger partial charge in [-0.1, -0.05) is 42.5 Å². The summed E-state index contributed by atoms with van der Waals surface area (Å²) >= 11 is 1.46. The van der Waals surface area contributed by atoms with Crippen molar-refractivity contribution in [2.45, 2.75) is 18.9 Å². The molecular formula is C24H29N5O2S. The number of fused-ring (bicyclic) bond motifs is 1. The molecule has 0 aliphatic carbocycles. The number of nitrogens with zero attached hydrogens (tertiary/aromatic N) is 2. The molecule has 2 atom stereocenters. The Morgan fingerprint density at radius 2 is 1.91 bits per heavy atom. The lowest BCUT2D eigenvalue weighted by molar-refractivity contribution is -0.137. The molecule has 3 N–H and O–H groups in total. The van der Waals surface area contributed by atoms with E-state index in [9.17, 15) is 9.59 Å². The number of aromatic nitrogens is 1. The van der Waals surface area contributed by atoms with Gasteiger partial charge in [-0.3, -0.25) is 9.59 Å². The minimum Gasteiger partial charge on any atom is -0.367 e. The number of rotatable bonds is 8. The molecule has 2 amide bonds. The number of anilines is 1. The van der Waals surface area contributed by atoms with Gasteiger partial charge < -0.3 is 20.9 Å². The van der Waals surface area contributed by atoms with Crippen LogP contribution in [0.2, 0.25) is 0 Å². The molecule has 2 unspecified atom stereocenters. The van der Waals surface area contributed by atoms with E-state index < -0.39 is 6.04 Å². The van der Waals surface area contributed by atoms with E-state index in [-0.39, 0.29) is 17.7 Å². The number of hydrogen-bond acceptors (Lipinski definition) is 6. The molecule has 0 spiro atoms. The minimum absolute atomic E-state index is 0.00755. The topological polar surface area (TPSA) is 86.4 Å². The molecule has 0 radical (unpaired) electrons. The van der Waals surface area contributed by atoms with Gasteiger partial charge in [0.2, 0.25) is 11.8 Å². The third-order valence-corrected chi connectivity index (χ3v) is 6.69. The van der Waals surface area contributed by atoms with Crippen molar-refractivity contribution in [2.24, 2.45) is 5.92 Å². The van der Waals surface area contributed by atoms with Crippen molar-refractivity contribution < 1.29 is 9.59 Å². The summed E-state index contributed by atoms with van der Waals surface area (Å²) in [5.74, 6) is 0.704. The van der Waals surface area contributed by atoms with Crippen LogP contribution < -0.4 is 16.0 Å². The number of carbonyl (C=O) groups is 2. The first-order valence-corrected chi connectivity index (χ1v) is 11.8. The van der Waals surface area contributed by atoms with Crippen LogP contribution in [0.1, 0.15) is 24.4 Å². The summed E-state index contributed by atoms with van der Waals surface area (Å²) in [6, 6.07) is 17.4. The Labute approximate surface area is 192 Å². The number of amides is 2. The van der Waals surface area contributed by atoms with Crippen LogP contribution in [0.4, 0.5) is 5.82 Å².